The molecule has 2 aromatic rings. The van der Waals surface area contributed by atoms with Crippen molar-refractivity contribution in [1.82, 2.24) is 0 Å². The molecule has 0 saturated carbocycles. The van der Waals surface area contributed by atoms with Gasteiger partial charge >= 0.3 is 0 Å². The first kappa shape index (κ1) is 13.1. The van der Waals surface area contributed by atoms with Crippen molar-refractivity contribution in [2.24, 2.45) is 0 Å². The summed E-state index contributed by atoms with van der Waals surface area (Å²) in [6, 6.07) is 13.2. The van der Waals surface area contributed by atoms with Gasteiger partial charge < -0.3 is 10.5 Å². The summed E-state index contributed by atoms with van der Waals surface area (Å²) in [5.41, 5.74) is 9.03. The summed E-state index contributed by atoms with van der Waals surface area (Å²) in [4.78, 5) is 11.5. The van der Waals surface area contributed by atoms with Gasteiger partial charge in [0.05, 0.1) is 5.56 Å². The highest BCUT2D eigenvalue weighted by atomic mass is 16.5. The lowest BCUT2D eigenvalue weighted by atomic mass is 10.1. The average Bonchev–Trinajstić information content (AvgIpc) is 2.37. The Bertz CT molecular complexity index is 605. The molecule has 19 heavy (non-hydrogen) atoms. The van der Waals surface area contributed by atoms with Gasteiger partial charge in [-0.1, -0.05) is 29.8 Å². The van der Waals surface area contributed by atoms with E-state index in [2.05, 4.69) is 6.07 Å². The molecule has 0 atom stereocenters. The molecule has 0 saturated heterocycles. The van der Waals surface area contributed by atoms with Crippen molar-refractivity contribution < 1.29 is 9.53 Å². The van der Waals surface area contributed by atoms with Crippen LogP contribution in [0.4, 0.5) is 5.69 Å². The second-order valence-electron chi connectivity index (χ2n) is 4.59. The largest absolute Gasteiger partial charge is 0.488 e. The minimum atomic E-state index is -0.0495. The molecule has 0 heterocycles. The molecule has 98 valence electrons. The summed E-state index contributed by atoms with van der Waals surface area (Å²) in [7, 11) is 0. The van der Waals surface area contributed by atoms with Crippen molar-refractivity contribution in [2.45, 2.75) is 20.5 Å². The number of aryl methyl sites for hydroxylation is 1. The van der Waals surface area contributed by atoms with E-state index in [1.807, 2.05) is 25.1 Å². The molecule has 0 aliphatic carbocycles. The first-order chi connectivity index (χ1) is 9.06. The number of nitrogens with two attached hydrogens (primary N) is 1. The Hall–Kier alpha value is -2.29. The van der Waals surface area contributed by atoms with Crippen LogP contribution in [-0.4, -0.2) is 5.78 Å². The molecule has 0 aliphatic rings. The van der Waals surface area contributed by atoms with Crippen molar-refractivity contribution >= 4 is 11.5 Å². The van der Waals surface area contributed by atoms with Crippen LogP contribution in [0, 0.1) is 6.92 Å². The molecule has 0 spiro atoms. The van der Waals surface area contributed by atoms with Crippen LogP contribution in [0.5, 0.6) is 5.75 Å². The molecule has 0 unspecified atom stereocenters. The fourth-order valence-corrected chi connectivity index (χ4v) is 1.91. The lowest BCUT2D eigenvalue weighted by Gasteiger charge is -2.11. The maximum absolute atomic E-state index is 11.5. The van der Waals surface area contributed by atoms with Gasteiger partial charge in [-0.3, -0.25) is 4.79 Å². The normalized spacial score (nSPS) is 10.2. The maximum Gasteiger partial charge on any atom is 0.163 e. The molecule has 2 rings (SSSR count). The van der Waals surface area contributed by atoms with Crippen LogP contribution in [0.15, 0.2) is 42.5 Å². The van der Waals surface area contributed by atoms with Gasteiger partial charge in [-0.05, 0) is 37.6 Å². The number of ketones is 1. The van der Waals surface area contributed by atoms with E-state index in [1.165, 1.54) is 12.5 Å². The number of carbonyl (C=O) groups excluding carboxylic acids is 1. The number of nitrogen functional groups attached to an aromatic ring is 1. The van der Waals surface area contributed by atoms with E-state index in [1.54, 1.807) is 18.2 Å². The van der Waals surface area contributed by atoms with Gasteiger partial charge in [0.25, 0.3) is 0 Å². The zero-order valence-corrected chi connectivity index (χ0v) is 11.1. The predicted octanol–water partition coefficient (Wildman–Crippen LogP) is 3.36. The van der Waals surface area contributed by atoms with E-state index in [-0.39, 0.29) is 5.78 Å². The predicted molar refractivity (Wildman–Crippen MR) is 76.4 cm³/mol. The van der Waals surface area contributed by atoms with Crippen LogP contribution < -0.4 is 10.5 Å². The van der Waals surface area contributed by atoms with Crippen LogP contribution in [0.1, 0.15) is 28.4 Å². The molecule has 3 heteroatoms. The highest BCUT2D eigenvalue weighted by Gasteiger charge is 2.09. The molecule has 0 aliphatic heterocycles. The van der Waals surface area contributed by atoms with E-state index in [4.69, 9.17) is 10.5 Å². The minimum Gasteiger partial charge on any atom is -0.488 e. The molecule has 2 aromatic carbocycles. The second-order valence-corrected chi connectivity index (χ2v) is 4.59. The number of Topliss-reactive ketones (excluding diaryl/α,β-unsaturated/α-hetero) is 1. The van der Waals surface area contributed by atoms with E-state index < -0.39 is 0 Å². The van der Waals surface area contributed by atoms with Crippen molar-refractivity contribution in [3.05, 3.63) is 59.2 Å². The number of carbonyl (C=O) groups is 1. The van der Waals surface area contributed by atoms with Gasteiger partial charge in [0, 0.05) is 5.69 Å². The third kappa shape index (κ3) is 3.35. The fourth-order valence-electron chi connectivity index (χ4n) is 1.91. The van der Waals surface area contributed by atoms with Crippen LogP contribution >= 0.6 is 0 Å². The molecule has 3 nitrogen and oxygen atoms in total. The Morgan fingerprint density at radius 3 is 2.68 bits per heavy atom. The van der Waals surface area contributed by atoms with Crippen LogP contribution in [0.2, 0.25) is 0 Å². The standard InChI is InChI=1S/C16H17NO2/c1-11-4-3-5-13(8-11)10-19-16-7-6-14(17)9-15(16)12(2)18/h3-9H,10,17H2,1-2H3. The summed E-state index contributed by atoms with van der Waals surface area (Å²) < 4.78 is 5.72. The quantitative estimate of drug-likeness (QED) is 0.673. The van der Waals surface area contributed by atoms with Gasteiger partial charge in [-0.2, -0.15) is 0 Å². The van der Waals surface area contributed by atoms with Gasteiger partial charge in [-0.25, -0.2) is 0 Å². The van der Waals surface area contributed by atoms with Crippen LogP contribution in [0.25, 0.3) is 0 Å². The number of hydrogen-bond donors (Lipinski definition) is 1. The highest BCUT2D eigenvalue weighted by molar-refractivity contribution is 5.97. The smallest absolute Gasteiger partial charge is 0.163 e. The van der Waals surface area contributed by atoms with Gasteiger partial charge in [-0.15, -0.1) is 0 Å². The second kappa shape index (κ2) is 5.57. The first-order valence-electron chi connectivity index (χ1n) is 6.15. The molecule has 0 bridgehead atoms. The van der Waals surface area contributed by atoms with Crippen molar-refractivity contribution in [3.63, 3.8) is 0 Å². The molecular weight excluding hydrogens is 238 g/mol. The lowest BCUT2D eigenvalue weighted by molar-refractivity contribution is 0.101. The fraction of sp³-hybridized carbons (Fsp3) is 0.188. The van der Waals surface area contributed by atoms with Gasteiger partial charge in [0.1, 0.15) is 12.4 Å². The maximum atomic E-state index is 11.5. The van der Waals surface area contributed by atoms with Gasteiger partial charge in [0.15, 0.2) is 5.78 Å². The molecule has 0 radical (unpaired) electrons. The number of anilines is 1. The van der Waals surface area contributed by atoms with Crippen molar-refractivity contribution in [1.29, 1.82) is 0 Å². The molecule has 0 amide bonds. The SMILES string of the molecule is CC(=O)c1cc(N)ccc1OCc1cccc(C)c1. The Morgan fingerprint density at radius 1 is 1.21 bits per heavy atom. The Kier molecular flexibility index (Phi) is 3.85. The topological polar surface area (TPSA) is 52.3 Å². The van der Waals surface area contributed by atoms with E-state index in [0.717, 1.165) is 5.56 Å². The van der Waals surface area contributed by atoms with E-state index in [9.17, 15) is 4.79 Å². The van der Waals surface area contributed by atoms with E-state index in [0.29, 0.717) is 23.6 Å². The van der Waals surface area contributed by atoms with Crippen molar-refractivity contribution in [2.75, 3.05) is 5.73 Å². The number of benzene rings is 2. The summed E-state index contributed by atoms with van der Waals surface area (Å²) in [6.45, 7) is 3.98. The Morgan fingerprint density at radius 2 is 2.00 bits per heavy atom. The third-order valence-corrected chi connectivity index (χ3v) is 2.86. The Balaban J connectivity index is 2.17. The summed E-state index contributed by atoms with van der Waals surface area (Å²) in [5, 5.41) is 0. The van der Waals surface area contributed by atoms with Crippen LogP contribution in [-0.2, 0) is 6.61 Å². The monoisotopic (exact) mass is 255 g/mol. The van der Waals surface area contributed by atoms with Gasteiger partial charge in [0.2, 0.25) is 0 Å². The Labute approximate surface area is 113 Å². The van der Waals surface area contributed by atoms with Crippen molar-refractivity contribution in [3.8, 4) is 5.75 Å². The summed E-state index contributed by atoms with van der Waals surface area (Å²) >= 11 is 0. The number of ether oxygens (including phenoxy) is 1. The lowest BCUT2D eigenvalue weighted by Crippen LogP contribution is -2.02. The van der Waals surface area contributed by atoms with Crippen LogP contribution in [0.3, 0.4) is 0 Å². The molecular formula is C16H17NO2. The summed E-state index contributed by atoms with van der Waals surface area (Å²) in [5.74, 6) is 0.523. The highest BCUT2D eigenvalue weighted by Crippen LogP contribution is 2.23. The van der Waals surface area contributed by atoms with E-state index >= 15 is 0 Å². The molecule has 2 N–H and O–H groups in total. The summed E-state index contributed by atoms with van der Waals surface area (Å²) in [6.07, 6.45) is 0. The number of hydrogen-bond acceptors (Lipinski definition) is 3. The molecule has 0 fully saturated rings. The minimum absolute atomic E-state index is 0.0495. The molecule has 0 aromatic heterocycles. The number of rotatable bonds is 4. The zero-order valence-electron chi connectivity index (χ0n) is 11.1. The average molecular weight is 255 g/mol. The third-order valence-electron chi connectivity index (χ3n) is 2.86. The first-order valence-corrected chi connectivity index (χ1v) is 6.15. The zero-order chi connectivity index (χ0) is 13.8.